The van der Waals surface area contributed by atoms with Crippen molar-refractivity contribution in [3.8, 4) is 0 Å². The first-order valence-corrected chi connectivity index (χ1v) is 12.3. The van der Waals surface area contributed by atoms with E-state index in [9.17, 15) is 33.9 Å². The molecule has 0 amide bonds. The SMILES string of the molecule is CC(=O)OC[C@@]12[C@H]3C[C@@]4(O)C(C)=CC(=O)[C@@H](OC(C)=O)[C@]4(C)[C@H]1C(=O)[C@H](OC(C)=O)[C@H](C)[C@@H]2CC(=O)O3. The highest BCUT2D eigenvalue weighted by atomic mass is 16.6. The molecule has 3 fully saturated rings. The third kappa shape index (κ3) is 3.65. The van der Waals surface area contributed by atoms with Gasteiger partial charge in [0.15, 0.2) is 23.8 Å². The number of hydrogen-bond acceptors (Lipinski definition) is 11. The lowest BCUT2D eigenvalue weighted by molar-refractivity contribution is -0.292. The zero-order valence-corrected chi connectivity index (χ0v) is 21.7. The zero-order chi connectivity index (χ0) is 27.7. The molecule has 0 aromatic rings. The third-order valence-electron chi connectivity index (χ3n) is 9.05. The second-order valence-electron chi connectivity index (χ2n) is 11.0. The maximum Gasteiger partial charge on any atom is 0.306 e. The summed E-state index contributed by atoms with van der Waals surface area (Å²) < 4.78 is 22.2. The second-order valence-corrected chi connectivity index (χ2v) is 11.0. The maximum atomic E-state index is 14.4. The number of esters is 4. The molecule has 202 valence electrons. The highest BCUT2D eigenvalue weighted by Crippen LogP contribution is 2.69. The summed E-state index contributed by atoms with van der Waals surface area (Å²) in [6, 6.07) is 0. The van der Waals surface area contributed by atoms with E-state index in [1.807, 2.05) is 0 Å². The molecular formula is C26H32O11. The summed E-state index contributed by atoms with van der Waals surface area (Å²) in [7, 11) is 0. The third-order valence-corrected chi connectivity index (χ3v) is 9.05. The molecule has 9 atom stereocenters. The van der Waals surface area contributed by atoms with Gasteiger partial charge in [-0.2, -0.15) is 0 Å². The lowest BCUT2D eigenvalue weighted by Gasteiger charge is -2.69. The number of ether oxygens (including phenoxy) is 4. The Hall–Kier alpha value is -3.08. The molecule has 1 aliphatic heterocycles. The van der Waals surface area contributed by atoms with E-state index < -0.39 is 87.9 Å². The van der Waals surface area contributed by atoms with Crippen LogP contribution >= 0.6 is 0 Å². The number of Topliss-reactive ketones (excluding diaryl/α,β-unsaturated/α-hetero) is 1. The van der Waals surface area contributed by atoms with E-state index in [0.717, 1.165) is 19.9 Å². The van der Waals surface area contributed by atoms with Gasteiger partial charge < -0.3 is 24.1 Å². The Labute approximate surface area is 213 Å². The van der Waals surface area contributed by atoms with Crippen molar-refractivity contribution < 1.29 is 52.8 Å². The smallest absolute Gasteiger partial charge is 0.306 e. The summed E-state index contributed by atoms with van der Waals surface area (Å²) in [5, 5.41) is 12.2. The average molecular weight is 521 g/mol. The van der Waals surface area contributed by atoms with Crippen molar-refractivity contribution in [1.29, 1.82) is 0 Å². The molecule has 37 heavy (non-hydrogen) atoms. The van der Waals surface area contributed by atoms with Gasteiger partial charge in [-0.3, -0.25) is 28.8 Å². The number of carbonyl (C=O) groups excluding carboxylic acids is 6. The molecule has 1 heterocycles. The van der Waals surface area contributed by atoms with Crippen molar-refractivity contribution >= 4 is 35.4 Å². The standard InChI is InChI=1S/C26H32O11/c1-11-7-17(30)23(36-15(5)29)24(6)22-20(32)21(35-14(4)28)12(2)16-8-19(31)37-18(9-26(11,24)33)25(16,22)10-34-13(3)27/h7,12,16,18,21-23,33H,8-10H2,1-6H3/t12-,16+,18-,21-,22-,23-,24+,25-,26-/m1/s1. The molecule has 11 heteroatoms. The fourth-order valence-electron chi connectivity index (χ4n) is 7.57. The van der Waals surface area contributed by atoms with Gasteiger partial charge in [-0.05, 0) is 24.5 Å². The molecule has 3 aliphatic carbocycles. The van der Waals surface area contributed by atoms with E-state index in [1.165, 1.54) is 20.8 Å². The minimum atomic E-state index is -1.94. The Balaban J connectivity index is 2.05. The van der Waals surface area contributed by atoms with Gasteiger partial charge in [0.2, 0.25) is 0 Å². The first-order chi connectivity index (χ1) is 17.1. The molecule has 4 rings (SSSR count). The number of ketones is 2. The van der Waals surface area contributed by atoms with Crippen LogP contribution in [0.1, 0.15) is 54.4 Å². The Morgan fingerprint density at radius 3 is 2.27 bits per heavy atom. The number of aliphatic hydroxyl groups is 1. The van der Waals surface area contributed by atoms with Crippen LogP contribution in [0, 0.1) is 28.6 Å². The molecular weight excluding hydrogens is 488 g/mol. The monoisotopic (exact) mass is 520 g/mol. The van der Waals surface area contributed by atoms with E-state index in [-0.39, 0.29) is 25.0 Å². The van der Waals surface area contributed by atoms with Crippen LogP contribution in [0.15, 0.2) is 11.6 Å². The second kappa shape index (κ2) is 8.75. The number of fused-ring (bicyclic) bond motifs is 2. The zero-order valence-electron chi connectivity index (χ0n) is 21.7. The topological polar surface area (TPSA) is 160 Å². The summed E-state index contributed by atoms with van der Waals surface area (Å²) in [6.45, 7) is 7.77. The number of hydrogen-bond donors (Lipinski definition) is 1. The Morgan fingerprint density at radius 1 is 1.08 bits per heavy atom. The summed E-state index contributed by atoms with van der Waals surface area (Å²) in [4.78, 5) is 76.6. The van der Waals surface area contributed by atoms with Gasteiger partial charge in [-0.1, -0.05) is 13.8 Å². The van der Waals surface area contributed by atoms with Crippen molar-refractivity contribution in [2.75, 3.05) is 6.61 Å². The Bertz CT molecular complexity index is 1120. The largest absolute Gasteiger partial charge is 0.465 e. The minimum Gasteiger partial charge on any atom is -0.465 e. The molecule has 0 spiro atoms. The van der Waals surface area contributed by atoms with Crippen molar-refractivity contribution in [2.45, 2.75) is 78.3 Å². The average Bonchev–Trinajstić information content (AvgIpc) is 2.77. The quantitative estimate of drug-likeness (QED) is 0.413. The van der Waals surface area contributed by atoms with Gasteiger partial charge in [-0.15, -0.1) is 0 Å². The van der Waals surface area contributed by atoms with E-state index in [1.54, 1.807) is 6.92 Å². The summed E-state index contributed by atoms with van der Waals surface area (Å²) >= 11 is 0. The molecule has 0 unspecified atom stereocenters. The fourth-order valence-corrected chi connectivity index (χ4v) is 7.57. The van der Waals surface area contributed by atoms with Gasteiger partial charge in [0, 0.05) is 45.4 Å². The van der Waals surface area contributed by atoms with Gasteiger partial charge in [-0.25, -0.2) is 0 Å². The lowest BCUT2D eigenvalue weighted by Crippen LogP contribution is -2.80. The number of carbonyl (C=O) groups is 6. The summed E-state index contributed by atoms with van der Waals surface area (Å²) in [6.07, 6.45) is -3.21. The van der Waals surface area contributed by atoms with Gasteiger partial charge in [0.1, 0.15) is 12.7 Å². The highest BCUT2D eigenvalue weighted by Gasteiger charge is 2.79. The minimum absolute atomic E-state index is 0.171. The lowest BCUT2D eigenvalue weighted by atomic mass is 9.37. The Morgan fingerprint density at radius 2 is 1.70 bits per heavy atom. The van der Waals surface area contributed by atoms with E-state index in [0.29, 0.717) is 0 Å². The van der Waals surface area contributed by atoms with Gasteiger partial charge >= 0.3 is 23.9 Å². The summed E-state index contributed by atoms with van der Waals surface area (Å²) in [5.41, 5.74) is -4.89. The van der Waals surface area contributed by atoms with E-state index >= 15 is 0 Å². The molecule has 0 aromatic heterocycles. The Kier molecular flexibility index (Phi) is 6.38. The van der Waals surface area contributed by atoms with Crippen LogP contribution in [0.3, 0.4) is 0 Å². The van der Waals surface area contributed by atoms with Crippen molar-refractivity contribution in [3.63, 3.8) is 0 Å². The van der Waals surface area contributed by atoms with Crippen LogP contribution in [0.25, 0.3) is 0 Å². The van der Waals surface area contributed by atoms with E-state index in [4.69, 9.17) is 18.9 Å². The molecule has 0 aromatic carbocycles. The van der Waals surface area contributed by atoms with Gasteiger partial charge in [0.25, 0.3) is 0 Å². The molecule has 11 nitrogen and oxygen atoms in total. The molecule has 1 saturated heterocycles. The van der Waals surface area contributed by atoms with Crippen molar-refractivity contribution in [3.05, 3.63) is 11.6 Å². The fraction of sp³-hybridized carbons (Fsp3) is 0.692. The molecule has 1 N–H and O–H groups in total. The van der Waals surface area contributed by atoms with Crippen LogP contribution in [-0.4, -0.2) is 71.1 Å². The van der Waals surface area contributed by atoms with Crippen LogP contribution in [-0.2, 0) is 47.7 Å². The van der Waals surface area contributed by atoms with Crippen LogP contribution in [0.2, 0.25) is 0 Å². The molecule has 2 saturated carbocycles. The normalized spacial score (nSPS) is 42.5. The molecule has 0 bridgehead atoms. The van der Waals surface area contributed by atoms with Gasteiger partial charge in [0.05, 0.1) is 16.4 Å². The molecule has 4 aliphatic rings. The van der Waals surface area contributed by atoms with E-state index in [2.05, 4.69) is 0 Å². The highest BCUT2D eigenvalue weighted by molar-refractivity contribution is 6.00. The van der Waals surface area contributed by atoms with Crippen LogP contribution < -0.4 is 0 Å². The summed E-state index contributed by atoms with van der Waals surface area (Å²) in [5.74, 6) is -6.73. The predicted octanol–water partition coefficient (Wildman–Crippen LogP) is 0.836. The predicted molar refractivity (Wildman–Crippen MR) is 122 cm³/mol. The first-order valence-electron chi connectivity index (χ1n) is 12.3. The maximum absolute atomic E-state index is 14.4. The van der Waals surface area contributed by atoms with Crippen LogP contribution in [0.5, 0.6) is 0 Å². The first kappa shape index (κ1) is 27.0. The van der Waals surface area contributed by atoms with Crippen molar-refractivity contribution in [1.82, 2.24) is 0 Å². The number of rotatable bonds is 4. The molecule has 0 radical (unpaired) electrons. The van der Waals surface area contributed by atoms with Crippen LogP contribution in [0.4, 0.5) is 0 Å². The van der Waals surface area contributed by atoms with Crippen molar-refractivity contribution in [2.24, 2.45) is 28.6 Å².